The number of rotatable bonds is 6. The maximum absolute atomic E-state index is 2.40. The van der Waals surface area contributed by atoms with Crippen LogP contribution in [-0.2, 0) is 0 Å². The molecule has 2 atom stereocenters. The average molecular weight is 168 g/mol. The highest BCUT2D eigenvalue weighted by Crippen LogP contribution is 2.21. The molecule has 12 heavy (non-hydrogen) atoms. The van der Waals surface area contributed by atoms with Crippen LogP contribution in [0.25, 0.3) is 0 Å². The molecule has 0 heterocycles. The van der Waals surface area contributed by atoms with Crippen LogP contribution < -0.4 is 0 Å². The van der Waals surface area contributed by atoms with Gasteiger partial charge in [-0.05, 0) is 24.7 Å². The first kappa shape index (κ1) is 11.7. The zero-order chi connectivity index (χ0) is 9.40. The highest BCUT2D eigenvalue weighted by molar-refractivity contribution is 4.89. The Kier molecular flexibility index (Phi) is 7.23. The van der Waals surface area contributed by atoms with Crippen molar-refractivity contribution < 1.29 is 0 Å². The quantitative estimate of drug-likeness (QED) is 0.515. The standard InChI is InChI=1S/C12H24/c1-5-8-10-12(7-3)11(4)9-6-2/h8,10-12H,5-7,9H2,1-4H3. The van der Waals surface area contributed by atoms with E-state index < -0.39 is 0 Å². The molecule has 0 aliphatic rings. The Bertz CT molecular complexity index is 113. The van der Waals surface area contributed by atoms with Gasteiger partial charge in [0.1, 0.15) is 0 Å². The predicted molar refractivity (Wildman–Crippen MR) is 57.3 cm³/mol. The van der Waals surface area contributed by atoms with Crippen LogP contribution in [0.4, 0.5) is 0 Å². The third kappa shape index (κ3) is 4.58. The number of allylic oxidation sites excluding steroid dienone is 2. The Labute approximate surface area is 78.1 Å². The number of hydrogen-bond donors (Lipinski definition) is 0. The molecule has 0 saturated carbocycles. The highest BCUT2D eigenvalue weighted by Gasteiger charge is 2.10. The van der Waals surface area contributed by atoms with Gasteiger partial charge in [-0.15, -0.1) is 0 Å². The molecular formula is C12H24. The first-order chi connectivity index (χ1) is 5.76. The summed E-state index contributed by atoms with van der Waals surface area (Å²) in [6, 6.07) is 0. The van der Waals surface area contributed by atoms with Gasteiger partial charge in [-0.2, -0.15) is 0 Å². The van der Waals surface area contributed by atoms with E-state index in [0.717, 1.165) is 11.8 Å². The summed E-state index contributed by atoms with van der Waals surface area (Å²) in [6.07, 6.45) is 9.86. The maximum Gasteiger partial charge on any atom is -0.0210 e. The second-order valence-electron chi connectivity index (χ2n) is 3.67. The normalized spacial score (nSPS) is 16.7. The van der Waals surface area contributed by atoms with Crippen molar-refractivity contribution in [1.29, 1.82) is 0 Å². The molecular weight excluding hydrogens is 144 g/mol. The molecule has 72 valence electrons. The highest BCUT2D eigenvalue weighted by atomic mass is 14.2. The van der Waals surface area contributed by atoms with Crippen molar-refractivity contribution in [2.45, 2.75) is 53.4 Å². The molecule has 0 spiro atoms. The van der Waals surface area contributed by atoms with Gasteiger partial charge in [0.25, 0.3) is 0 Å². The van der Waals surface area contributed by atoms with Crippen LogP contribution in [0.2, 0.25) is 0 Å². The zero-order valence-electron chi connectivity index (χ0n) is 9.14. The Hall–Kier alpha value is -0.260. The number of hydrogen-bond acceptors (Lipinski definition) is 0. The van der Waals surface area contributed by atoms with E-state index in [-0.39, 0.29) is 0 Å². The van der Waals surface area contributed by atoms with E-state index >= 15 is 0 Å². The van der Waals surface area contributed by atoms with Crippen molar-refractivity contribution in [3.05, 3.63) is 12.2 Å². The largest absolute Gasteiger partial charge is 0.0885 e. The van der Waals surface area contributed by atoms with E-state index in [1.54, 1.807) is 0 Å². The second kappa shape index (κ2) is 7.39. The first-order valence-corrected chi connectivity index (χ1v) is 5.42. The average Bonchev–Trinajstić information content (AvgIpc) is 2.06. The minimum absolute atomic E-state index is 0.810. The van der Waals surface area contributed by atoms with E-state index in [4.69, 9.17) is 0 Å². The summed E-state index contributed by atoms with van der Waals surface area (Å²) >= 11 is 0. The lowest BCUT2D eigenvalue weighted by Crippen LogP contribution is -2.07. The Morgan fingerprint density at radius 3 is 2.25 bits per heavy atom. The van der Waals surface area contributed by atoms with Crippen molar-refractivity contribution in [3.8, 4) is 0 Å². The minimum Gasteiger partial charge on any atom is -0.0885 e. The van der Waals surface area contributed by atoms with Gasteiger partial charge in [0, 0.05) is 0 Å². The van der Waals surface area contributed by atoms with E-state index in [9.17, 15) is 0 Å². The summed E-state index contributed by atoms with van der Waals surface area (Å²) in [6.45, 7) is 9.13. The summed E-state index contributed by atoms with van der Waals surface area (Å²) in [4.78, 5) is 0. The molecule has 0 rings (SSSR count). The third-order valence-electron chi connectivity index (χ3n) is 2.57. The molecule has 0 radical (unpaired) electrons. The SMILES string of the molecule is CCC=CC(CC)C(C)CCC. The van der Waals surface area contributed by atoms with Gasteiger partial charge in [-0.1, -0.05) is 52.7 Å². The topological polar surface area (TPSA) is 0 Å². The maximum atomic E-state index is 2.40. The summed E-state index contributed by atoms with van der Waals surface area (Å²) < 4.78 is 0. The van der Waals surface area contributed by atoms with Crippen LogP contribution in [0.3, 0.4) is 0 Å². The summed E-state index contributed by atoms with van der Waals surface area (Å²) in [5, 5.41) is 0. The van der Waals surface area contributed by atoms with Crippen LogP contribution in [0.1, 0.15) is 53.4 Å². The fourth-order valence-electron chi connectivity index (χ4n) is 1.71. The zero-order valence-corrected chi connectivity index (χ0v) is 9.14. The van der Waals surface area contributed by atoms with Crippen LogP contribution in [0, 0.1) is 11.8 Å². The Balaban J connectivity index is 3.86. The third-order valence-corrected chi connectivity index (χ3v) is 2.57. The van der Waals surface area contributed by atoms with E-state index in [1.807, 2.05) is 0 Å². The van der Waals surface area contributed by atoms with Gasteiger partial charge in [0.05, 0.1) is 0 Å². The molecule has 0 fully saturated rings. The molecule has 2 unspecified atom stereocenters. The van der Waals surface area contributed by atoms with Gasteiger partial charge in [0.15, 0.2) is 0 Å². The van der Waals surface area contributed by atoms with Crippen LogP contribution in [-0.4, -0.2) is 0 Å². The van der Waals surface area contributed by atoms with Crippen LogP contribution in [0.5, 0.6) is 0 Å². The van der Waals surface area contributed by atoms with Gasteiger partial charge in [-0.3, -0.25) is 0 Å². The Morgan fingerprint density at radius 1 is 1.17 bits per heavy atom. The molecule has 0 aromatic carbocycles. The fraction of sp³-hybridized carbons (Fsp3) is 0.833. The smallest absolute Gasteiger partial charge is 0.0210 e. The molecule has 0 amide bonds. The minimum atomic E-state index is 0.810. The van der Waals surface area contributed by atoms with Crippen molar-refractivity contribution in [2.24, 2.45) is 11.8 Å². The van der Waals surface area contributed by atoms with E-state index in [1.165, 1.54) is 25.7 Å². The molecule has 0 heteroatoms. The lowest BCUT2D eigenvalue weighted by atomic mass is 9.88. The van der Waals surface area contributed by atoms with E-state index in [0.29, 0.717) is 0 Å². The van der Waals surface area contributed by atoms with Crippen molar-refractivity contribution >= 4 is 0 Å². The van der Waals surface area contributed by atoms with Gasteiger partial charge in [0.2, 0.25) is 0 Å². The monoisotopic (exact) mass is 168 g/mol. The van der Waals surface area contributed by atoms with Crippen LogP contribution in [0.15, 0.2) is 12.2 Å². The van der Waals surface area contributed by atoms with Crippen molar-refractivity contribution in [3.63, 3.8) is 0 Å². The second-order valence-corrected chi connectivity index (χ2v) is 3.67. The van der Waals surface area contributed by atoms with Crippen LogP contribution >= 0.6 is 0 Å². The van der Waals surface area contributed by atoms with Gasteiger partial charge in [-0.25, -0.2) is 0 Å². The molecule has 0 aliphatic heterocycles. The first-order valence-electron chi connectivity index (χ1n) is 5.42. The molecule has 0 aromatic heterocycles. The Morgan fingerprint density at radius 2 is 1.83 bits per heavy atom. The van der Waals surface area contributed by atoms with E-state index in [2.05, 4.69) is 39.8 Å². The predicted octanol–water partition coefficient (Wildman–Crippen LogP) is 4.42. The summed E-state index contributed by atoms with van der Waals surface area (Å²) in [7, 11) is 0. The molecule has 0 aromatic rings. The fourth-order valence-corrected chi connectivity index (χ4v) is 1.71. The molecule has 0 N–H and O–H groups in total. The van der Waals surface area contributed by atoms with Gasteiger partial charge < -0.3 is 0 Å². The molecule has 0 aliphatic carbocycles. The molecule has 0 bridgehead atoms. The van der Waals surface area contributed by atoms with Crippen molar-refractivity contribution in [2.75, 3.05) is 0 Å². The lowest BCUT2D eigenvalue weighted by Gasteiger charge is -2.18. The van der Waals surface area contributed by atoms with Crippen molar-refractivity contribution in [1.82, 2.24) is 0 Å². The van der Waals surface area contributed by atoms with Gasteiger partial charge >= 0.3 is 0 Å². The lowest BCUT2D eigenvalue weighted by molar-refractivity contribution is 0.387. The summed E-state index contributed by atoms with van der Waals surface area (Å²) in [5.74, 6) is 1.67. The molecule has 0 saturated heterocycles. The molecule has 0 nitrogen and oxygen atoms in total. The summed E-state index contributed by atoms with van der Waals surface area (Å²) in [5.41, 5.74) is 0.